The van der Waals surface area contributed by atoms with Crippen molar-refractivity contribution < 1.29 is 18.0 Å². The molecule has 0 fully saturated rings. The van der Waals surface area contributed by atoms with E-state index in [1.165, 1.54) is 23.1 Å². The lowest BCUT2D eigenvalue weighted by Crippen LogP contribution is -2.53. The van der Waals surface area contributed by atoms with E-state index >= 15 is 0 Å². The van der Waals surface area contributed by atoms with Gasteiger partial charge in [-0.25, -0.2) is 8.42 Å². The van der Waals surface area contributed by atoms with Crippen molar-refractivity contribution in [2.75, 3.05) is 17.1 Å². The fraction of sp³-hybridized carbons (Fsp3) is 0.391. The van der Waals surface area contributed by atoms with Crippen molar-refractivity contribution in [3.63, 3.8) is 0 Å². The van der Waals surface area contributed by atoms with Gasteiger partial charge in [0.1, 0.15) is 12.6 Å². The zero-order chi connectivity index (χ0) is 25.6. The Morgan fingerprint density at radius 2 is 1.59 bits per heavy atom. The molecule has 1 atom stereocenters. The van der Waals surface area contributed by atoms with Crippen molar-refractivity contribution in [2.24, 2.45) is 0 Å². The van der Waals surface area contributed by atoms with Crippen LogP contribution in [0.4, 0.5) is 5.69 Å². The topological polar surface area (TPSA) is 86.8 Å². The van der Waals surface area contributed by atoms with Gasteiger partial charge in [0.15, 0.2) is 0 Å². The number of benzene rings is 2. The van der Waals surface area contributed by atoms with Gasteiger partial charge in [-0.15, -0.1) is 0 Å². The second-order valence-electron chi connectivity index (χ2n) is 8.10. The highest BCUT2D eigenvalue weighted by molar-refractivity contribution is 7.92. The summed E-state index contributed by atoms with van der Waals surface area (Å²) in [6, 6.07) is 10.3. The fourth-order valence-corrected chi connectivity index (χ4v) is 4.91. The summed E-state index contributed by atoms with van der Waals surface area (Å²) < 4.78 is 26.1. The molecule has 7 nitrogen and oxygen atoms in total. The lowest BCUT2D eigenvalue weighted by atomic mass is 10.1. The molecular formula is C23H28Cl3N3O4S. The summed E-state index contributed by atoms with van der Waals surface area (Å²) in [6.07, 6.45) is 1.32. The minimum absolute atomic E-state index is 0.0829. The molecule has 0 bridgehead atoms. The average molecular weight is 549 g/mol. The number of rotatable bonds is 10. The highest BCUT2D eigenvalue weighted by Gasteiger charge is 2.32. The van der Waals surface area contributed by atoms with Crippen molar-refractivity contribution in [1.82, 2.24) is 10.2 Å². The third-order valence-corrected chi connectivity index (χ3v) is 6.86. The molecule has 0 saturated heterocycles. The van der Waals surface area contributed by atoms with Crippen LogP contribution in [0.25, 0.3) is 0 Å². The van der Waals surface area contributed by atoms with Crippen molar-refractivity contribution in [3.05, 3.63) is 63.1 Å². The lowest BCUT2D eigenvalue weighted by molar-refractivity contribution is -0.140. The quantitative estimate of drug-likeness (QED) is 0.464. The highest BCUT2D eigenvalue weighted by Crippen LogP contribution is 2.30. The fourth-order valence-electron chi connectivity index (χ4n) is 3.37. The molecule has 0 spiro atoms. The molecule has 0 saturated carbocycles. The summed E-state index contributed by atoms with van der Waals surface area (Å²) in [5.41, 5.74) is 0.858. The Morgan fingerprint density at radius 1 is 1.00 bits per heavy atom. The average Bonchev–Trinajstić information content (AvgIpc) is 2.72. The first-order chi connectivity index (χ1) is 15.8. The first-order valence-corrected chi connectivity index (χ1v) is 13.6. The molecule has 1 N–H and O–H groups in total. The number of nitrogens with zero attached hydrogens (tertiary/aromatic N) is 2. The van der Waals surface area contributed by atoms with E-state index in [2.05, 4.69) is 5.32 Å². The summed E-state index contributed by atoms with van der Waals surface area (Å²) in [5, 5.41) is 3.78. The Kier molecular flexibility index (Phi) is 10.1. The standard InChI is InChI=1S/C23H28Cl3N3O4S/c1-5-20(23(31)27-15(2)3)28(13-16-6-8-17(24)9-7-16)22(30)14-29(34(4,32)33)21-11-10-18(25)12-19(21)26/h6-12,15,20H,5,13-14H2,1-4H3,(H,27,31)/t20-/m0/s1. The molecule has 2 amide bonds. The van der Waals surface area contributed by atoms with Crippen LogP contribution in [0, 0.1) is 0 Å². The van der Waals surface area contributed by atoms with Gasteiger partial charge < -0.3 is 10.2 Å². The van der Waals surface area contributed by atoms with Crippen molar-refractivity contribution >= 4 is 62.3 Å². The Bertz CT molecular complexity index is 1120. The summed E-state index contributed by atoms with van der Waals surface area (Å²) in [6.45, 7) is 4.98. The smallest absolute Gasteiger partial charge is 0.244 e. The SMILES string of the molecule is CC[C@@H](C(=O)NC(C)C)N(Cc1ccc(Cl)cc1)C(=O)CN(c1ccc(Cl)cc1Cl)S(C)(=O)=O. The predicted molar refractivity (Wildman–Crippen MR) is 138 cm³/mol. The van der Waals surface area contributed by atoms with Crippen LogP contribution in [0.2, 0.25) is 15.1 Å². The molecule has 0 aromatic heterocycles. The zero-order valence-electron chi connectivity index (χ0n) is 19.4. The van der Waals surface area contributed by atoms with Crippen LogP contribution in [0.1, 0.15) is 32.8 Å². The summed E-state index contributed by atoms with van der Waals surface area (Å²) in [7, 11) is -3.89. The first kappa shape index (κ1) is 28.2. The predicted octanol–water partition coefficient (Wildman–Crippen LogP) is 4.74. The van der Waals surface area contributed by atoms with Gasteiger partial charge in [-0.1, -0.05) is 53.9 Å². The molecule has 2 aromatic rings. The van der Waals surface area contributed by atoms with Crippen LogP contribution >= 0.6 is 34.8 Å². The minimum atomic E-state index is -3.89. The zero-order valence-corrected chi connectivity index (χ0v) is 22.5. The van der Waals surface area contributed by atoms with Gasteiger partial charge in [0, 0.05) is 22.6 Å². The van der Waals surface area contributed by atoms with E-state index in [9.17, 15) is 18.0 Å². The molecule has 2 aromatic carbocycles. The maximum Gasteiger partial charge on any atom is 0.244 e. The minimum Gasteiger partial charge on any atom is -0.352 e. The van der Waals surface area contributed by atoms with E-state index in [4.69, 9.17) is 34.8 Å². The Morgan fingerprint density at radius 3 is 2.09 bits per heavy atom. The van der Waals surface area contributed by atoms with Gasteiger partial charge in [-0.05, 0) is 56.2 Å². The number of carbonyl (C=O) groups is 2. The molecule has 0 radical (unpaired) electrons. The molecule has 0 aliphatic rings. The largest absolute Gasteiger partial charge is 0.352 e. The van der Waals surface area contributed by atoms with Gasteiger partial charge in [0.05, 0.1) is 17.0 Å². The number of carbonyl (C=O) groups excluding carboxylic acids is 2. The number of amides is 2. The summed E-state index contributed by atoms with van der Waals surface area (Å²) in [4.78, 5) is 27.9. The van der Waals surface area contributed by atoms with Gasteiger partial charge in [0.25, 0.3) is 0 Å². The number of anilines is 1. The number of hydrogen-bond acceptors (Lipinski definition) is 4. The van der Waals surface area contributed by atoms with E-state index < -0.39 is 28.5 Å². The molecular weight excluding hydrogens is 521 g/mol. The highest BCUT2D eigenvalue weighted by atomic mass is 35.5. The first-order valence-electron chi connectivity index (χ1n) is 10.6. The number of sulfonamides is 1. The van der Waals surface area contributed by atoms with E-state index in [0.717, 1.165) is 16.1 Å². The van der Waals surface area contributed by atoms with Crippen LogP contribution in [0.3, 0.4) is 0 Å². The van der Waals surface area contributed by atoms with E-state index in [-0.39, 0.29) is 29.2 Å². The Hall–Kier alpha value is -2.00. The van der Waals surface area contributed by atoms with E-state index in [1.54, 1.807) is 31.2 Å². The number of halogens is 3. The molecule has 11 heteroatoms. The maximum atomic E-state index is 13.6. The number of nitrogens with one attached hydrogen (secondary N) is 1. The third kappa shape index (κ3) is 7.77. The van der Waals surface area contributed by atoms with Crippen LogP contribution < -0.4 is 9.62 Å². The van der Waals surface area contributed by atoms with Crippen LogP contribution in [-0.2, 0) is 26.2 Å². The Balaban J connectivity index is 2.46. The van der Waals surface area contributed by atoms with Crippen molar-refractivity contribution in [1.29, 1.82) is 0 Å². The molecule has 186 valence electrons. The van der Waals surface area contributed by atoms with Crippen molar-refractivity contribution in [3.8, 4) is 0 Å². The van der Waals surface area contributed by atoms with E-state index in [0.29, 0.717) is 16.5 Å². The van der Waals surface area contributed by atoms with Crippen LogP contribution in [0.5, 0.6) is 0 Å². The maximum absolute atomic E-state index is 13.6. The van der Waals surface area contributed by atoms with E-state index in [1.807, 2.05) is 13.8 Å². The molecule has 0 heterocycles. The van der Waals surface area contributed by atoms with Gasteiger partial charge in [0.2, 0.25) is 21.8 Å². The Labute approximate surface area is 216 Å². The second kappa shape index (κ2) is 12.1. The monoisotopic (exact) mass is 547 g/mol. The molecule has 0 aliphatic heterocycles. The molecule has 0 unspecified atom stereocenters. The lowest BCUT2D eigenvalue weighted by Gasteiger charge is -2.33. The third-order valence-electron chi connectivity index (χ3n) is 4.94. The van der Waals surface area contributed by atoms with Crippen LogP contribution in [0.15, 0.2) is 42.5 Å². The molecule has 34 heavy (non-hydrogen) atoms. The number of hydrogen-bond donors (Lipinski definition) is 1. The summed E-state index contributed by atoms with van der Waals surface area (Å²) in [5.74, 6) is -0.882. The normalized spacial score (nSPS) is 12.4. The summed E-state index contributed by atoms with van der Waals surface area (Å²) >= 11 is 18.2. The van der Waals surface area contributed by atoms with Gasteiger partial charge in [-0.3, -0.25) is 13.9 Å². The van der Waals surface area contributed by atoms with Gasteiger partial charge >= 0.3 is 0 Å². The van der Waals surface area contributed by atoms with Crippen molar-refractivity contribution in [2.45, 2.75) is 45.8 Å². The van der Waals surface area contributed by atoms with Gasteiger partial charge in [-0.2, -0.15) is 0 Å². The second-order valence-corrected chi connectivity index (χ2v) is 11.3. The van der Waals surface area contributed by atoms with Crippen LogP contribution in [-0.4, -0.2) is 50.0 Å². The molecule has 0 aliphatic carbocycles. The molecule has 2 rings (SSSR count).